The predicted molar refractivity (Wildman–Crippen MR) is 122 cm³/mol. The zero-order chi connectivity index (χ0) is 24.4. The molecule has 0 saturated heterocycles. The maximum atomic E-state index is 12.6. The van der Waals surface area contributed by atoms with Crippen molar-refractivity contribution in [2.24, 2.45) is 34.5 Å². The van der Waals surface area contributed by atoms with Crippen LogP contribution in [-0.2, 0) is 23.9 Å². The summed E-state index contributed by atoms with van der Waals surface area (Å²) in [6.45, 7) is 18.0. The number of carboxylic acids is 1. The van der Waals surface area contributed by atoms with Crippen LogP contribution in [0.15, 0.2) is 12.2 Å². The van der Waals surface area contributed by atoms with Gasteiger partial charge in [0.1, 0.15) is 13.2 Å². The molecule has 0 heterocycles. The van der Waals surface area contributed by atoms with E-state index >= 15 is 0 Å². The first-order chi connectivity index (χ1) is 14.3. The molecule has 1 saturated carbocycles. The molecule has 0 aromatic heterocycles. The van der Waals surface area contributed by atoms with Gasteiger partial charge in [-0.2, -0.15) is 0 Å². The van der Waals surface area contributed by atoms with Crippen molar-refractivity contribution in [2.75, 3.05) is 13.2 Å². The number of aliphatic carboxylic acids is 1. The minimum absolute atomic E-state index is 0.0127. The van der Waals surface area contributed by atoms with Crippen molar-refractivity contribution in [3.05, 3.63) is 12.2 Å². The Morgan fingerprint density at radius 3 is 2.00 bits per heavy atom. The second-order valence-electron chi connectivity index (χ2n) is 10.3. The largest absolute Gasteiger partial charge is 0.481 e. The van der Waals surface area contributed by atoms with Crippen LogP contribution in [-0.4, -0.2) is 36.2 Å². The van der Waals surface area contributed by atoms with Crippen molar-refractivity contribution in [3.63, 3.8) is 0 Å². The smallest absolute Gasteiger partial charge is 0.309 e. The maximum Gasteiger partial charge on any atom is 0.309 e. The van der Waals surface area contributed by atoms with Crippen LogP contribution in [0.4, 0.5) is 0 Å². The first-order valence-electron chi connectivity index (χ1n) is 11.5. The molecule has 6 heteroatoms. The van der Waals surface area contributed by atoms with E-state index in [1.165, 1.54) is 0 Å². The number of hydrogen-bond acceptors (Lipinski definition) is 5. The summed E-state index contributed by atoms with van der Waals surface area (Å²) < 4.78 is 10.6. The summed E-state index contributed by atoms with van der Waals surface area (Å²) in [7, 11) is 0. The third-order valence-corrected chi connectivity index (χ3v) is 5.45. The highest BCUT2D eigenvalue weighted by molar-refractivity contribution is 5.82. The van der Waals surface area contributed by atoms with Crippen LogP contribution >= 0.6 is 0 Å². The lowest BCUT2D eigenvalue weighted by molar-refractivity contribution is -0.162. The zero-order valence-electron chi connectivity index (χ0n) is 21.0. The zero-order valence-corrected chi connectivity index (χ0v) is 21.0. The molecule has 0 radical (unpaired) electrons. The molecule has 0 aliphatic heterocycles. The highest BCUT2D eigenvalue weighted by Gasteiger charge is 2.44. The van der Waals surface area contributed by atoms with E-state index in [1.807, 2.05) is 53.7 Å². The predicted octanol–water partition coefficient (Wildman–Crippen LogP) is 5.50. The summed E-state index contributed by atoms with van der Waals surface area (Å²) in [6, 6.07) is 0. The molecule has 180 valence electrons. The fourth-order valence-corrected chi connectivity index (χ4v) is 3.96. The van der Waals surface area contributed by atoms with Gasteiger partial charge in [-0.1, -0.05) is 67.5 Å². The molecule has 0 aromatic rings. The molecular formula is C25H44O6. The van der Waals surface area contributed by atoms with Crippen molar-refractivity contribution in [1.82, 2.24) is 0 Å². The summed E-state index contributed by atoms with van der Waals surface area (Å²) in [6.07, 6.45) is 5.49. The summed E-state index contributed by atoms with van der Waals surface area (Å²) >= 11 is 0. The number of allylic oxidation sites excluding steroid dienone is 2. The Bertz CT molecular complexity index is 608. The van der Waals surface area contributed by atoms with Gasteiger partial charge in [0.25, 0.3) is 0 Å². The number of rotatable bonds is 8. The molecule has 0 bridgehead atoms. The van der Waals surface area contributed by atoms with Crippen molar-refractivity contribution < 1.29 is 29.0 Å². The van der Waals surface area contributed by atoms with Crippen molar-refractivity contribution in [2.45, 2.75) is 81.6 Å². The van der Waals surface area contributed by atoms with Gasteiger partial charge in [0.05, 0.1) is 17.8 Å². The monoisotopic (exact) mass is 440 g/mol. The maximum absolute atomic E-state index is 12.6. The Labute approximate surface area is 188 Å². The third kappa shape index (κ3) is 9.88. The van der Waals surface area contributed by atoms with Crippen molar-refractivity contribution in [1.29, 1.82) is 0 Å². The first kappa shape index (κ1) is 29.1. The van der Waals surface area contributed by atoms with Crippen LogP contribution in [0, 0.1) is 34.5 Å². The van der Waals surface area contributed by atoms with Gasteiger partial charge < -0.3 is 14.6 Å². The lowest BCUT2D eigenvalue weighted by Crippen LogP contribution is -2.34. The van der Waals surface area contributed by atoms with Crippen molar-refractivity contribution in [3.8, 4) is 0 Å². The lowest BCUT2D eigenvalue weighted by Gasteiger charge is -2.33. The Balaban J connectivity index is 0.00000436. The average molecular weight is 441 g/mol. The van der Waals surface area contributed by atoms with Gasteiger partial charge in [-0.25, -0.2) is 0 Å². The van der Waals surface area contributed by atoms with E-state index in [4.69, 9.17) is 9.47 Å². The fraction of sp³-hybridized carbons (Fsp3) is 0.800. The topological polar surface area (TPSA) is 89.9 Å². The molecule has 0 amide bonds. The van der Waals surface area contributed by atoms with E-state index in [-0.39, 0.29) is 41.8 Å². The van der Waals surface area contributed by atoms with Crippen LogP contribution in [0.2, 0.25) is 0 Å². The molecular weight excluding hydrogens is 396 g/mol. The van der Waals surface area contributed by atoms with Crippen LogP contribution in [0.5, 0.6) is 0 Å². The van der Waals surface area contributed by atoms with E-state index < -0.39 is 23.8 Å². The fourth-order valence-electron chi connectivity index (χ4n) is 3.96. The minimum atomic E-state index is -0.978. The van der Waals surface area contributed by atoms with E-state index in [0.717, 1.165) is 0 Å². The SMILES string of the molecule is C/C=C\C1CCC(C(=O)OCCOC(=O)C(CC(C)(C)C)C(C)(C)C)C1C(=O)O.CC. The van der Waals surface area contributed by atoms with Gasteiger partial charge in [0.15, 0.2) is 0 Å². The third-order valence-electron chi connectivity index (χ3n) is 5.45. The minimum Gasteiger partial charge on any atom is -0.481 e. The van der Waals surface area contributed by atoms with Crippen LogP contribution in [0.3, 0.4) is 0 Å². The molecule has 1 aliphatic carbocycles. The summed E-state index contributed by atoms with van der Waals surface area (Å²) in [5.74, 6) is -3.63. The quantitative estimate of drug-likeness (QED) is 0.304. The highest BCUT2D eigenvalue weighted by atomic mass is 16.6. The normalized spacial score (nSPS) is 22.4. The van der Waals surface area contributed by atoms with Gasteiger partial charge in [-0.15, -0.1) is 0 Å². The van der Waals surface area contributed by atoms with Gasteiger partial charge in [-0.05, 0) is 42.9 Å². The van der Waals surface area contributed by atoms with Crippen LogP contribution < -0.4 is 0 Å². The number of esters is 2. The summed E-state index contributed by atoms with van der Waals surface area (Å²) in [5.41, 5.74) is -0.247. The second-order valence-corrected chi connectivity index (χ2v) is 10.3. The van der Waals surface area contributed by atoms with Gasteiger partial charge in [0, 0.05) is 0 Å². The van der Waals surface area contributed by atoms with E-state index in [0.29, 0.717) is 19.3 Å². The standard InChI is InChI=1S/C23H38O6.C2H6/c1-8-9-15-10-11-16(18(15)19(24)25)20(26)28-12-13-29-21(27)17(23(5,6)7)14-22(2,3)4;1-2/h8-9,15-18H,10-14H2,1-7H3,(H,24,25);1-2H3/b9-8-;. The highest BCUT2D eigenvalue weighted by Crippen LogP contribution is 2.39. The van der Waals surface area contributed by atoms with Gasteiger partial charge in [-0.3, -0.25) is 14.4 Å². The Morgan fingerprint density at radius 2 is 1.55 bits per heavy atom. The molecule has 1 fully saturated rings. The number of carbonyl (C=O) groups is 3. The van der Waals surface area contributed by atoms with E-state index in [2.05, 4.69) is 20.8 Å². The molecule has 1 aliphatic rings. The summed E-state index contributed by atoms with van der Waals surface area (Å²) in [5, 5.41) is 9.49. The van der Waals surface area contributed by atoms with Crippen LogP contribution in [0.25, 0.3) is 0 Å². The van der Waals surface area contributed by atoms with Crippen LogP contribution in [0.1, 0.15) is 81.6 Å². The molecule has 31 heavy (non-hydrogen) atoms. The second kappa shape index (κ2) is 12.9. The van der Waals surface area contributed by atoms with E-state index in [1.54, 1.807) is 0 Å². The van der Waals surface area contributed by atoms with Gasteiger partial charge >= 0.3 is 17.9 Å². The van der Waals surface area contributed by atoms with Gasteiger partial charge in [0.2, 0.25) is 0 Å². The molecule has 4 unspecified atom stereocenters. The molecule has 1 N–H and O–H groups in total. The molecule has 6 nitrogen and oxygen atoms in total. The first-order valence-corrected chi connectivity index (χ1v) is 11.5. The number of ether oxygens (including phenoxy) is 2. The Hall–Kier alpha value is -1.85. The molecule has 0 aromatic carbocycles. The van der Waals surface area contributed by atoms with E-state index in [9.17, 15) is 19.5 Å². The number of carbonyl (C=O) groups excluding carboxylic acids is 2. The average Bonchev–Trinajstić information content (AvgIpc) is 3.07. The molecule has 4 atom stereocenters. The Kier molecular flexibility index (Phi) is 12.1. The number of hydrogen-bond donors (Lipinski definition) is 1. The Morgan fingerprint density at radius 1 is 1.00 bits per heavy atom. The summed E-state index contributed by atoms with van der Waals surface area (Å²) in [4.78, 5) is 36.6. The molecule has 0 spiro atoms. The number of carboxylic acid groups (broad SMARTS) is 1. The lowest BCUT2D eigenvalue weighted by atomic mass is 9.72. The van der Waals surface area contributed by atoms with Crippen molar-refractivity contribution >= 4 is 17.9 Å². The molecule has 1 rings (SSSR count).